The van der Waals surface area contributed by atoms with E-state index in [1.807, 2.05) is 30.1 Å². The number of pyridine rings is 1. The van der Waals surface area contributed by atoms with Gasteiger partial charge in [0, 0.05) is 22.9 Å². The zero-order valence-electron chi connectivity index (χ0n) is 12.5. The van der Waals surface area contributed by atoms with Crippen LogP contribution in [0.3, 0.4) is 0 Å². The van der Waals surface area contributed by atoms with Gasteiger partial charge in [0.15, 0.2) is 0 Å². The van der Waals surface area contributed by atoms with Crippen molar-refractivity contribution in [3.05, 3.63) is 36.0 Å². The normalized spacial score (nSPS) is 21.8. The molecule has 2 aromatic rings. The average molecular weight is 303 g/mol. The third-order valence-electron chi connectivity index (χ3n) is 4.18. The Hall–Kier alpha value is -1.26. The molecule has 1 saturated carbocycles. The van der Waals surface area contributed by atoms with E-state index in [0.29, 0.717) is 12.7 Å². The molecule has 0 amide bonds. The van der Waals surface area contributed by atoms with Crippen molar-refractivity contribution in [2.45, 2.75) is 37.2 Å². The molecule has 2 atom stereocenters. The Morgan fingerprint density at radius 1 is 1.29 bits per heavy atom. The van der Waals surface area contributed by atoms with Gasteiger partial charge >= 0.3 is 0 Å². The lowest BCUT2D eigenvalue weighted by Gasteiger charge is -2.13. The van der Waals surface area contributed by atoms with Crippen LogP contribution in [0.1, 0.15) is 24.8 Å². The predicted molar refractivity (Wildman–Crippen MR) is 88.0 cm³/mol. The quantitative estimate of drug-likeness (QED) is 0.834. The summed E-state index contributed by atoms with van der Waals surface area (Å²) in [6.07, 6.45) is 8.08. The molecule has 1 aromatic heterocycles. The Labute approximate surface area is 130 Å². The molecule has 0 spiro atoms. The first-order valence-electron chi connectivity index (χ1n) is 7.36. The van der Waals surface area contributed by atoms with Gasteiger partial charge in [-0.05, 0) is 49.3 Å². The van der Waals surface area contributed by atoms with Gasteiger partial charge in [0.2, 0.25) is 0 Å². The van der Waals surface area contributed by atoms with Gasteiger partial charge in [-0.1, -0.05) is 0 Å². The van der Waals surface area contributed by atoms with Crippen LogP contribution in [0.2, 0.25) is 0 Å². The van der Waals surface area contributed by atoms with Crippen LogP contribution in [0.5, 0.6) is 5.75 Å². The minimum absolute atomic E-state index is 0.406. The van der Waals surface area contributed by atoms with Gasteiger partial charge in [0.05, 0.1) is 25.3 Å². The van der Waals surface area contributed by atoms with Gasteiger partial charge in [-0.15, -0.1) is 0 Å². The molecule has 0 bridgehead atoms. The van der Waals surface area contributed by atoms with Gasteiger partial charge in [-0.25, -0.2) is 0 Å². The molecule has 1 heterocycles. The molecule has 0 saturated heterocycles. The van der Waals surface area contributed by atoms with Crippen LogP contribution < -0.4 is 4.74 Å². The summed E-state index contributed by atoms with van der Waals surface area (Å²) in [5, 5.41) is 1.92. The molecule has 3 rings (SSSR count). The van der Waals surface area contributed by atoms with Crippen LogP contribution >= 0.6 is 11.8 Å². The third kappa shape index (κ3) is 3.33. The van der Waals surface area contributed by atoms with E-state index in [2.05, 4.69) is 23.4 Å². The molecule has 2 unspecified atom stereocenters. The highest BCUT2D eigenvalue weighted by Gasteiger charge is 2.24. The van der Waals surface area contributed by atoms with E-state index < -0.39 is 0 Å². The number of ether oxygens (including phenoxy) is 2. The maximum absolute atomic E-state index is 6.11. The van der Waals surface area contributed by atoms with E-state index in [4.69, 9.17) is 9.47 Å². The van der Waals surface area contributed by atoms with Gasteiger partial charge in [0.25, 0.3) is 0 Å². The lowest BCUT2D eigenvalue weighted by Crippen LogP contribution is -2.09. The number of methoxy groups -OCH3 is 1. The van der Waals surface area contributed by atoms with Crippen molar-refractivity contribution >= 4 is 22.7 Å². The number of nitrogens with zero attached hydrogens (tertiary/aromatic N) is 1. The van der Waals surface area contributed by atoms with E-state index in [0.717, 1.165) is 21.9 Å². The molecule has 112 valence electrons. The van der Waals surface area contributed by atoms with E-state index in [9.17, 15) is 0 Å². The minimum Gasteiger partial charge on any atom is -0.497 e. The monoisotopic (exact) mass is 303 g/mol. The molecule has 3 nitrogen and oxygen atoms in total. The maximum atomic E-state index is 6.11. The highest BCUT2D eigenvalue weighted by Crippen LogP contribution is 2.31. The first kappa shape index (κ1) is 14.7. The molecule has 21 heavy (non-hydrogen) atoms. The fourth-order valence-electron chi connectivity index (χ4n) is 2.91. The number of rotatable bonds is 5. The van der Waals surface area contributed by atoms with Crippen molar-refractivity contribution in [1.82, 2.24) is 4.98 Å². The fourth-order valence-corrected chi connectivity index (χ4v) is 3.69. The zero-order chi connectivity index (χ0) is 14.7. The van der Waals surface area contributed by atoms with Crippen LogP contribution in [-0.4, -0.2) is 29.7 Å². The summed E-state index contributed by atoms with van der Waals surface area (Å²) in [6, 6.07) is 8.07. The van der Waals surface area contributed by atoms with E-state index in [-0.39, 0.29) is 0 Å². The predicted octanol–water partition coefficient (Wildman–Crippen LogP) is 4.04. The Bertz CT molecular complexity index is 617. The number of hydrogen-bond donors (Lipinski definition) is 0. The number of aromatic nitrogens is 1. The highest BCUT2D eigenvalue weighted by atomic mass is 32.2. The lowest BCUT2D eigenvalue weighted by atomic mass is 10.1. The molecular weight excluding hydrogens is 282 g/mol. The second kappa shape index (κ2) is 6.67. The smallest absolute Gasteiger partial charge is 0.121 e. The largest absolute Gasteiger partial charge is 0.497 e. The second-order valence-electron chi connectivity index (χ2n) is 5.46. The Balaban J connectivity index is 1.72. The van der Waals surface area contributed by atoms with Crippen LogP contribution in [0.4, 0.5) is 0 Å². The highest BCUT2D eigenvalue weighted by molar-refractivity contribution is 7.99. The number of hydrogen-bond acceptors (Lipinski definition) is 4. The SMILES string of the molecule is COc1ccc2c(COC3CCC(SC)C3)ccnc2c1. The number of benzene rings is 1. The summed E-state index contributed by atoms with van der Waals surface area (Å²) in [5.74, 6) is 0.840. The van der Waals surface area contributed by atoms with Crippen molar-refractivity contribution in [3.8, 4) is 5.75 Å². The van der Waals surface area contributed by atoms with Crippen molar-refractivity contribution in [2.24, 2.45) is 0 Å². The van der Waals surface area contributed by atoms with Crippen molar-refractivity contribution in [2.75, 3.05) is 13.4 Å². The average Bonchev–Trinajstić information content (AvgIpc) is 3.00. The summed E-state index contributed by atoms with van der Waals surface area (Å²) < 4.78 is 11.4. The van der Waals surface area contributed by atoms with Crippen LogP contribution in [0.15, 0.2) is 30.5 Å². The van der Waals surface area contributed by atoms with Crippen molar-refractivity contribution in [3.63, 3.8) is 0 Å². The lowest BCUT2D eigenvalue weighted by molar-refractivity contribution is 0.0466. The third-order valence-corrected chi connectivity index (χ3v) is 5.28. The maximum Gasteiger partial charge on any atom is 0.121 e. The topological polar surface area (TPSA) is 31.4 Å². The van der Waals surface area contributed by atoms with Crippen molar-refractivity contribution < 1.29 is 9.47 Å². The summed E-state index contributed by atoms with van der Waals surface area (Å²) in [4.78, 5) is 4.42. The van der Waals surface area contributed by atoms with Gasteiger partial charge in [0.1, 0.15) is 5.75 Å². The fraction of sp³-hybridized carbons (Fsp3) is 0.471. The van der Waals surface area contributed by atoms with Crippen LogP contribution in [0.25, 0.3) is 10.9 Å². The van der Waals surface area contributed by atoms with Gasteiger partial charge in [-0.3, -0.25) is 4.98 Å². The molecule has 1 aliphatic carbocycles. The minimum atomic E-state index is 0.406. The summed E-state index contributed by atoms with van der Waals surface area (Å²) in [6.45, 7) is 0.664. The van der Waals surface area contributed by atoms with Crippen LogP contribution in [0, 0.1) is 0 Å². The molecular formula is C17H21NO2S. The molecule has 1 aliphatic rings. The molecule has 0 aliphatic heterocycles. The Morgan fingerprint density at radius 2 is 2.19 bits per heavy atom. The van der Waals surface area contributed by atoms with E-state index in [1.54, 1.807) is 7.11 Å². The molecule has 1 fully saturated rings. The summed E-state index contributed by atoms with van der Waals surface area (Å²) >= 11 is 1.96. The Kier molecular flexibility index (Phi) is 4.66. The van der Waals surface area contributed by atoms with E-state index >= 15 is 0 Å². The number of fused-ring (bicyclic) bond motifs is 1. The molecule has 0 radical (unpaired) electrons. The molecule has 1 aromatic carbocycles. The Morgan fingerprint density at radius 3 is 2.95 bits per heavy atom. The van der Waals surface area contributed by atoms with Gasteiger partial charge in [-0.2, -0.15) is 11.8 Å². The standard InChI is InChI=1S/C17H21NO2S/c1-19-13-4-6-16-12(7-8-18-17(16)10-13)11-20-14-3-5-15(9-14)21-2/h4,6-8,10,14-15H,3,5,9,11H2,1-2H3. The first-order chi connectivity index (χ1) is 10.3. The van der Waals surface area contributed by atoms with Crippen LogP contribution in [-0.2, 0) is 11.3 Å². The summed E-state index contributed by atoms with van der Waals surface area (Å²) in [5.41, 5.74) is 2.17. The first-order valence-corrected chi connectivity index (χ1v) is 8.65. The zero-order valence-corrected chi connectivity index (χ0v) is 13.4. The molecule has 4 heteroatoms. The van der Waals surface area contributed by atoms with Crippen molar-refractivity contribution in [1.29, 1.82) is 0 Å². The van der Waals surface area contributed by atoms with E-state index in [1.165, 1.54) is 24.8 Å². The number of thioether (sulfide) groups is 1. The summed E-state index contributed by atoms with van der Waals surface area (Å²) in [7, 11) is 1.68. The second-order valence-corrected chi connectivity index (χ2v) is 6.60. The van der Waals surface area contributed by atoms with Gasteiger partial charge < -0.3 is 9.47 Å². The molecule has 0 N–H and O–H groups in total.